The van der Waals surface area contributed by atoms with Crippen LogP contribution >= 0.6 is 0 Å². The molecule has 3 rings (SSSR count). The van der Waals surface area contributed by atoms with E-state index < -0.39 is 0 Å². The van der Waals surface area contributed by atoms with E-state index in [1.54, 1.807) is 7.11 Å². The van der Waals surface area contributed by atoms with Crippen LogP contribution in [0, 0.1) is 5.92 Å². The fourth-order valence-corrected chi connectivity index (χ4v) is 3.58. The number of rotatable bonds is 5. The highest BCUT2D eigenvalue weighted by atomic mass is 16.5. The molecule has 2 aliphatic rings. The number of benzene rings is 1. The van der Waals surface area contributed by atoms with Crippen molar-refractivity contribution in [2.45, 2.75) is 51.0 Å². The molecular formula is C18H27NO2. The van der Waals surface area contributed by atoms with Gasteiger partial charge in [0.25, 0.3) is 0 Å². The summed E-state index contributed by atoms with van der Waals surface area (Å²) < 4.78 is 11.6. The molecule has 1 unspecified atom stereocenters. The van der Waals surface area contributed by atoms with Crippen molar-refractivity contribution in [3.05, 3.63) is 23.8 Å². The van der Waals surface area contributed by atoms with E-state index in [0.29, 0.717) is 0 Å². The van der Waals surface area contributed by atoms with E-state index in [1.807, 2.05) is 12.1 Å². The second-order valence-corrected chi connectivity index (χ2v) is 6.39. The van der Waals surface area contributed by atoms with Crippen molar-refractivity contribution in [3.8, 4) is 11.5 Å². The van der Waals surface area contributed by atoms with E-state index in [1.165, 1.54) is 37.7 Å². The van der Waals surface area contributed by atoms with Crippen LogP contribution in [0.25, 0.3) is 0 Å². The Labute approximate surface area is 128 Å². The standard InChI is InChI=1S/C18H27NO2/c1-20-17-9-5-8-15-10-11-16(21-18(15)17)13-19-12-14-6-3-2-4-7-14/h5,8-9,14,16,19H,2-4,6-7,10-13H2,1H3. The van der Waals surface area contributed by atoms with E-state index in [4.69, 9.17) is 9.47 Å². The van der Waals surface area contributed by atoms with Gasteiger partial charge in [-0.25, -0.2) is 0 Å². The van der Waals surface area contributed by atoms with Gasteiger partial charge in [0.15, 0.2) is 11.5 Å². The molecule has 3 nitrogen and oxygen atoms in total. The summed E-state index contributed by atoms with van der Waals surface area (Å²) in [6, 6.07) is 6.17. The fraction of sp³-hybridized carbons (Fsp3) is 0.667. The minimum Gasteiger partial charge on any atom is -0.493 e. The molecule has 116 valence electrons. The average molecular weight is 289 g/mol. The summed E-state index contributed by atoms with van der Waals surface area (Å²) in [6.07, 6.45) is 9.51. The van der Waals surface area contributed by atoms with Gasteiger partial charge in [-0.05, 0) is 49.8 Å². The first kappa shape index (κ1) is 14.7. The first-order chi connectivity index (χ1) is 10.4. The molecular weight excluding hydrogens is 262 g/mol. The van der Waals surface area contributed by atoms with Gasteiger partial charge in [0.2, 0.25) is 0 Å². The summed E-state index contributed by atoms with van der Waals surface area (Å²) in [4.78, 5) is 0. The van der Waals surface area contributed by atoms with Gasteiger partial charge >= 0.3 is 0 Å². The van der Waals surface area contributed by atoms with E-state index in [9.17, 15) is 0 Å². The van der Waals surface area contributed by atoms with Crippen molar-refractivity contribution < 1.29 is 9.47 Å². The second kappa shape index (κ2) is 7.17. The molecule has 0 aromatic heterocycles. The van der Waals surface area contributed by atoms with Crippen molar-refractivity contribution in [2.75, 3.05) is 20.2 Å². The topological polar surface area (TPSA) is 30.5 Å². The largest absolute Gasteiger partial charge is 0.493 e. The van der Waals surface area contributed by atoms with Gasteiger partial charge in [-0.15, -0.1) is 0 Å². The van der Waals surface area contributed by atoms with Crippen LogP contribution in [0.15, 0.2) is 18.2 Å². The molecule has 1 atom stereocenters. The molecule has 0 spiro atoms. The molecule has 1 aromatic rings. The SMILES string of the molecule is COc1cccc2c1OC(CNCC1CCCCC1)CC2. The number of nitrogens with one attached hydrogen (secondary N) is 1. The third kappa shape index (κ3) is 3.70. The summed E-state index contributed by atoms with van der Waals surface area (Å²) in [5, 5.41) is 3.63. The van der Waals surface area contributed by atoms with Crippen LogP contribution in [0.5, 0.6) is 11.5 Å². The van der Waals surface area contributed by atoms with E-state index in [0.717, 1.165) is 43.3 Å². The highest BCUT2D eigenvalue weighted by Crippen LogP contribution is 2.36. The lowest BCUT2D eigenvalue weighted by Gasteiger charge is -2.28. The molecule has 21 heavy (non-hydrogen) atoms. The number of fused-ring (bicyclic) bond motifs is 1. The monoisotopic (exact) mass is 289 g/mol. The summed E-state index contributed by atoms with van der Waals surface area (Å²) in [6.45, 7) is 2.10. The van der Waals surface area contributed by atoms with E-state index in [2.05, 4.69) is 11.4 Å². The van der Waals surface area contributed by atoms with Crippen LogP contribution in [0.3, 0.4) is 0 Å². The zero-order valence-electron chi connectivity index (χ0n) is 13.1. The molecule has 1 aliphatic heterocycles. The molecule has 1 saturated carbocycles. The fourth-order valence-electron chi connectivity index (χ4n) is 3.58. The third-order valence-electron chi connectivity index (χ3n) is 4.83. The van der Waals surface area contributed by atoms with Crippen LogP contribution in [0.2, 0.25) is 0 Å². The Balaban J connectivity index is 1.49. The van der Waals surface area contributed by atoms with Gasteiger partial charge in [-0.2, -0.15) is 0 Å². The number of hydrogen-bond acceptors (Lipinski definition) is 3. The number of aryl methyl sites for hydroxylation is 1. The first-order valence-corrected chi connectivity index (χ1v) is 8.40. The lowest BCUT2D eigenvalue weighted by Crippen LogP contribution is -2.36. The van der Waals surface area contributed by atoms with Crippen LogP contribution in [-0.4, -0.2) is 26.3 Å². The van der Waals surface area contributed by atoms with E-state index >= 15 is 0 Å². The minimum atomic E-state index is 0.275. The molecule has 1 aromatic carbocycles. The van der Waals surface area contributed by atoms with Crippen LogP contribution in [0.1, 0.15) is 44.1 Å². The molecule has 0 saturated heterocycles. The quantitative estimate of drug-likeness (QED) is 0.899. The predicted molar refractivity (Wildman–Crippen MR) is 85.2 cm³/mol. The van der Waals surface area contributed by atoms with Crippen LogP contribution in [0.4, 0.5) is 0 Å². The molecule has 1 fully saturated rings. The van der Waals surface area contributed by atoms with Crippen molar-refractivity contribution in [2.24, 2.45) is 5.92 Å². The zero-order valence-corrected chi connectivity index (χ0v) is 13.1. The van der Waals surface area contributed by atoms with Crippen molar-refractivity contribution in [1.29, 1.82) is 0 Å². The molecule has 0 amide bonds. The highest BCUT2D eigenvalue weighted by molar-refractivity contribution is 5.47. The summed E-state index contributed by atoms with van der Waals surface area (Å²) in [5.74, 6) is 2.70. The second-order valence-electron chi connectivity index (χ2n) is 6.39. The Morgan fingerprint density at radius 2 is 2.00 bits per heavy atom. The Bertz CT molecular complexity index is 440. The molecule has 1 N–H and O–H groups in total. The van der Waals surface area contributed by atoms with Gasteiger partial charge in [-0.3, -0.25) is 0 Å². The van der Waals surface area contributed by atoms with Crippen LogP contribution < -0.4 is 14.8 Å². The van der Waals surface area contributed by atoms with Gasteiger partial charge in [0.1, 0.15) is 6.10 Å². The smallest absolute Gasteiger partial charge is 0.164 e. The number of ether oxygens (including phenoxy) is 2. The lowest BCUT2D eigenvalue weighted by molar-refractivity contribution is 0.160. The third-order valence-corrected chi connectivity index (χ3v) is 4.83. The van der Waals surface area contributed by atoms with Gasteiger partial charge in [0, 0.05) is 6.54 Å². The Kier molecular flexibility index (Phi) is 5.02. The Hall–Kier alpha value is -1.22. The number of hydrogen-bond donors (Lipinski definition) is 1. The number of methoxy groups -OCH3 is 1. The highest BCUT2D eigenvalue weighted by Gasteiger charge is 2.23. The zero-order chi connectivity index (χ0) is 14.5. The van der Waals surface area contributed by atoms with Gasteiger partial charge in [-0.1, -0.05) is 31.4 Å². The summed E-state index contributed by atoms with van der Waals surface area (Å²) in [5.41, 5.74) is 1.28. The molecule has 3 heteroatoms. The maximum atomic E-state index is 6.16. The normalized spacial score (nSPS) is 22.4. The molecule has 1 aliphatic carbocycles. The summed E-state index contributed by atoms with van der Waals surface area (Å²) in [7, 11) is 1.71. The maximum Gasteiger partial charge on any atom is 0.164 e. The lowest BCUT2D eigenvalue weighted by atomic mass is 9.89. The van der Waals surface area contributed by atoms with Crippen molar-refractivity contribution in [3.63, 3.8) is 0 Å². The molecule has 0 radical (unpaired) electrons. The average Bonchev–Trinajstić information content (AvgIpc) is 2.55. The van der Waals surface area contributed by atoms with Crippen LogP contribution in [-0.2, 0) is 6.42 Å². The minimum absolute atomic E-state index is 0.275. The Morgan fingerprint density at radius 1 is 1.14 bits per heavy atom. The summed E-state index contributed by atoms with van der Waals surface area (Å²) >= 11 is 0. The first-order valence-electron chi connectivity index (χ1n) is 8.40. The molecule has 1 heterocycles. The maximum absolute atomic E-state index is 6.16. The van der Waals surface area contributed by atoms with Crippen molar-refractivity contribution in [1.82, 2.24) is 5.32 Å². The predicted octanol–water partition coefficient (Wildman–Crippen LogP) is 3.56. The Morgan fingerprint density at radius 3 is 2.81 bits per heavy atom. The van der Waals surface area contributed by atoms with E-state index in [-0.39, 0.29) is 6.10 Å². The van der Waals surface area contributed by atoms with Gasteiger partial charge < -0.3 is 14.8 Å². The van der Waals surface area contributed by atoms with Gasteiger partial charge in [0.05, 0.1) is 7.11 Å². The number of para-hydroxylation sites is 1. The van der Waals surface area contributed by atoms with Crippen molar-refractivity contribution >= 4 is 0 Å². The molecule has 0 bridgehead atoms.